The largest absolute Gasteiger partial charge is 0.497 e. The van der Waals surface area contributed by atoms with E-state index in [1.54, 1.807) is 34.0 Å². The maximum Gasteiger partial charge on any atom is 0.190 e. The van der Waals surface area contributed by atoms with E-state index < -0.39 is 5.82 Å². The molecule has 178 valence electrons. The zero-order chi connectivity index (χ0) is 24.5. The van der Waals surface area contributed by atoms with Crippen LogP contribution in [0.25, 0.3) is 22.4 Å². The Morgan fingerprint density at radius 2 is 1.77 bits per heavy atom. The second-order valence-electron chi connectivity index (χ2n) is 7.94. The van der Waals surface area contributed by atoms with Crippen LogP contribution >= 0.6 is 0 Å². The highest BCUT2D eigenvalue weighted by molar-refractivity contribution is 5.73. The van der Waals surface area contributed by atoms with Gasteiger partial charge in [-0.2, -0.15) is 10.2 Å². The molecule has 0 spiro atoms. The van der Waals surface area contributed by atoms with E-state index in [0.29, 0.717) is 34.6 Å². The van der Waals surface area contributed by atoms with Crippen molar-refractivity contribution in [2.75, 3.05) is 14.2 Å². The van der Waals surface area contributed by atoms with E-state index in [0.717, 1.165) is 11.1 Å². The Bertz CT molecular complexity index is 1600. The molecule has 4 aromatic heterocycles. The van der Waals surface area contributed by atoms with Crippen molar-refractivity contribution in [2.24, 2.45) is 19.1 Å². The van der Waals surface area contributed by atoms with Crippen LogP contribution in [0.15, 0.2) is 60.2 Å². The maximum atomic E-state index is 15.1. The van der Waals surface area contributed by atoms with Crippen molar-refractivity contribution in [1.82, 2.24) is 34.1 Å². The third-order valence-electron chi connectivity index (χ3n) is 5.49. The molecular weight excluding hydrogens is 451 g/mol. The SMILES string of the molecule is COc1cc(/N=c2\ccc3ncc(-c4cnn(C)c4)nc3n2Cc2cnn(C)c2)c(F)c(OC)c1. The maximum absolute atomic E-state index is 15.1. The predicted octanol–water partition coefficient (Wildman–Crippen LogP) is 3.00. The van der Waals surface area contributed by atoms with Gasteiger partial charge in [0.25, 0.3) is 0 Å². The standard InChI is InChI=1S/C24H23FN8O2/c1-31-12-15(9-27-31)13-33-22(29-19-7-17(34-3)8-21(35-4)23(19)25)6-5-18-24(33)30-20(11-26-18)16-10-28-32(2)14-16/h5-12,14H,13H2,1-4H3/b29-22+. The minimum atomic E-state index is -0.587. The summed E-state index contributed by atoms with van der Waals surface area (Å²) in [6, 6.07) is 6.59. The van der Waals surface area contributed by atoms with Crippen LogP contribution in [-0.4, -0.2) is 48.3 Å². The van der Waals surface area contributed by atoms with Crippen LogP contribution in [0.2, 0.25) is 0 Å². The fraction of sp³-hybridized carbons (Fsp3) is 0.208. The van der Waals surface area contributed by atoms with Crippen LogP contribution < -0.4 is 15.0 Å². The average molecular weight is 475 g/mol. The Hall–Kier alpha value is -4.54. The van der Waals surface area contributed by atoms with Crippen LogP contribution in [0.1, 0.15) is 5.56 Å². The van der Waals surface area contributed by atoms with Gasteiger partial charge in [0.1, 0.15) is 22.4 Å². The summed E-state index contributed by atoms with van der Waals surface area (Å²) in [5.74, 6) is -0.113. The Balaban J connectivity index is 1.76. The number of halogens is 1. The van der Waals surface area contributed by atoms with Crippen LogP contribution in [0, 0.1) is 5.82 Å². The minimum absolute atomic E-state index is 0.0429. The first-order valence-electron chi connectivity index (χ1n) is 10.7. The van der Waals surface area contributed by atoms with Crippen LogP contribution in [0.4, 0.5) is 10.1 Å². The summed E-state index contributed by atoms with van der Waals surface area (Å²) in [5.41, 5.74) is 4.25. The second-order valence-corrected chi connectivity index (χ2v) is 7.94. The van der Waals surface area contributed by atoms with Gasteiger partial charge in [0.2, 0.25) is 0 Å². The highest BCUT2D eigenvalue weighted by Gasteiger charge is 2.14. The first-order valence-corrected chi connectivity index (χ1v) is 10.7. The molecule has 10 nitrogen and oxygen atoms in total. The zero-order valence-corrected chi connectivity index (χ0v) is 19.7. The Labute approximate surface area is 199 Å². The highest BCUT2D eigenvalue weighted by atomic mass is 19.1. The van der Waals surface area contributed by atoms with Gasteiger partial charge in [-0.3, -0.25) is 14.3 Å². The third kappa shape index (κ3) is 4.35. The van der Waals surface area contributed by atoms with E-state index >= 15 is 4.39 Å². The molecule has 0 aliphatic rings. The smallest absolute Gasteiger partial charge is 0.190 e. The topological polar surface area (TPSA) is 97.2 Å². The lowest BCUT2D eigenvalue weighted by molar-refractivity contribution is 0.374. The second kappa shape index (κ2) is 9.01. The van der Waals surface area contributed by atoms with Gasteiger partial charge < -0.3 is 14.0 Å². The van der Waals surface area contributed by atoms with E-state index in [1.165, 1.54) is 26.4 Å². The number of hydrogen-bond acceptors (Lipinski definition) is 7. The van der Waals surface area contributed by atoms with Crippen LogP contribution in [0.5, 0.6) is 11.5 Å². The van der Waals surface area contributed by atoms with E-state index in [2.05, 4.69) is 20.2 Å². The Kier molecular flexibility index (Phi) is 5.73. The van der Waals surface area contributed by atoms with Crippen LogP contribution in [-0.2, 0) is 20.6 Å². The van der Waals surface area contributed by atoms with Gasteiger partial charge in [-0.25, -0.2) is 14.4 Å². The molecule has 0 aliphatic carbocycles. The minimum Gasteiger partial charge on any atom is -0.497 e. The molecule has 0 bridgehead atoms. The molecule has 0 aliphatic heterocycles. The zero-order valence-electron chi connectivity index (χ0n) is 19.7. The molecular formula is C24H23FN8O2. The van der Waals surface area contributed by atoms with Gasteiger partial charge in [-0.05, 0) is 12.1 Å². The molecule has 0 radical (unpaired) electrons. The van der Waals surface area contributed by atoms with Gasteiger partial charge in [0.05, 0.1) is 45.0 Å². The molecule has 0 unspecified atom stereocenters. The number of aromatic nitrogens is 7. The van der Waals surface area contributed by atoms with E-state index in [1.807, 2.05) is 37.1 Å². The number of rotatable bonds is 6. The molecule has 5 aromatic rings. The van der Waals surface area contributed by atoms with Crippen molar-refractivity contribution in [3.63, 3.8) is 0 Å². The lowest BCUT2D eigenvalue weighted by Gasteiger charge is -2.12. The van der Waals surface area contributed by atoms with Gasteiger partial charge in [-0.15, -0.1) is 0 Å². The van der Waals surface area contributed by atoms with E-state index in [4.69, 9.17) is 14.5 Å². The third-order valence-corrected chi connectivity index (χ3v) is 5.49. The summed E-state index contributed by atoms with van der Waals surface area (Å²) in [6.07, 6.45) is 8.98. The van der Waals surface area contributed by atoms with Gasteiger partial charge in [0, 0.05) is 49.7 Å². The molecule has 0 saturated heterocycles. The van der Waals surface area contributed by atoms with E-state index in [-0.39, 0.29) is 11.4 Å². The summed E-state index contributed by atoms with van der Waals surface area (Å²) in [4.78, 5) is 14.1. The molecule has 4 heterocycles. The predicted molar refractivity (Wildman–Crippen MR) is 127 cm³/mol. The highest BCUT2D eigenvalue weighted by Crippen LogP contribution is 2.32. The summed E-state index contributed by atoms with van der Waals surface area (Å²) in [7, 11) is 6.59. The van der Waals surface area contributed by atoms with Crippen molar-refractivity contribution in [3.8, 4) is 22.8 Å². The van der Waals surface area contributed by atoms with Gasteiger partial charge >= 0.3 is 0 Å². The Morgan fingerprint density at radius 3 is 2.46 bits per heavy atom. The van der Waals surface area contributed by atoms with E-state index in [9.17, 15) is 0 Å². The molecule has 11 heteroatoms. The molecule has 0 amide bonds. The number of pyridine rings is 1. The summed E-state index contributed by atoms with van der Waals surface area (Å²) in [5, 5.41) is 8.50. The first-order chi connectivity index (χ1) is 16.9. The molecule has 0 atom stereocenters. The van der Waals surface area contributed by atoms with Crippen molar-refractivity contribution < 1.29 is 13.9 Å². The van der Waals surface area contributed by atoms with Crippen molar-refractivity contribution in [1.29, 1.82) is 0 Å². The number of aryl methyl sites for hydroxylation is 2. The molecule has 0 saturated carbocycles. The lowest BCUT2D eigenvalue weighted by atomic mass is 10.2. The van der Waals surface area contributed by atoms with Gasteiger partial charge in [0.15, 0.2) is 17.2 Å². The lowest BCUT2D eigenvalue weighted by Crippen LogP contribution is -2.22. The number of ether oxygens (including phenoxy) is 2. The summed E-state index contributed by atoms with van der Waals surface area (Å²) < 4.78 is 30.9. The summed E-state index contributed by atoms with van der Waals surface area (Å²) >= 11 is 0. The van der Waals surface area contributed by atoms with Crippen molar-refractivity contribution in [2.45, 2.75) is 6.54 Å². The molecule has 0 N–H and O–H groups in total. The monoisotopic (exact) mass is 474 g/mol. The van der Waals surface area contributed by atoms with Crippen molar-refractivity contribution in [3.05, 3.63) is 72.1 Å². The normalized spacial score (nSPS) is 11.9. The fourth-order valence-electron chi connectivity index (χ4n) is 3.77. The number of benzene rings is 1. The number of fused-ring (bicyclic) bond motifs is 1. The average Bonchev–Trinajstić information content (AvgIpc) is 3.49. The molecule has 1 aromatic carbocycles. The first kappa shape index (κ1) is 22.3. The quantitative estimate of drug-likeness (QED) is 0.375. The molecule has 5 rings (SSSR count). The van der Waals surface area contributed by atoms with Crippen molar-refractivity contribution >= 4 is 16.9 Å². The molecule has 35 heavy (non-hydrogen) atoms. The number of nitrogens with zero attached hydrogens (tertiary/aromatic N) is 8. The van der Waals surface area contributed by atoms with Gasteiger partial charge in [-0.1, -0.05) is 0 Å². The Morgan fingerprint density at radius 1 is 0.971 bits per heavy atom. The number of methoxy groups -OCH3 is 2. The molecule has 0 fully saturated rings. The summed E-state index contributed by atoms with van der Waals surface area (Å²) in [6.45, 7) is 0.401. The number of hydrogen-bond donors (Lipinski definition) is 0. The fourth-order valence-corrected chi connectivity index (χ4v) is 3.77. The van der Waals surface area contributed by atoms with Crippen LogP contribution in [0.3, 0.4) is 0 Å².